The van der Waals surface area contributed by atoms with Crippen LogP contribution in [0.4, 0.5) is 0 Å². The zero-order valence-corrected chi connectivity index (χ0v) is 13.7. The van der Waals surface area contributed by atoms with Crippen molar-refractivity contribution >= 4 is 22.8 Å². The molecule has 0 saturated heterocycles. The molecule has 1 aromatic carbocycles. The molecule has 24 heavy (non-hydrogen) atoms. The standard InChI is InChI=1S/C17H21N3O4/c1-3-4-9-14(15(21)19-11(2)17(23)24)20-10-18-13-8-6-5-7-12(13)16(20)22/h5-8,10-11,14H,3-4,9H2,1-2H3,(H,19,21)(H,23,24)/t11-,14-/m0/s1. The summed E-state index contributed by atoms with van der Waals surface area (Å²) in [6, 6.07) is 5.12. The molecule has 0 radical (unpaired) electrons. The molecular formula is C17H21N3O4. The molecule has 7 heteroatoms. The Bertz CT molecular complexity index is 800. The first-order chi connectivity index (χ1) is 11.5. The van der Waals surface area contributed by atoms with Gasteiger partial charge in [0.1, 0.15) is 12.1 Å². The van der Waals surface area contributed by atoms with E-state index in [2.05, 4.69) is 10.3 Å². The molecule has 0 aliphatic rings. The van der Waals surface area contributed by atoms with Gasteiger partial charge in [0.25, 0.3) is 5.56 Å². The van der Waals surface area contributed by atoms with Crippen molar-refractivity contribution in [2.75, 3.05) is 0 Å². The van der Waals surface area contributed by atoms with Crippen LogP contribution in [0.1, 0.15) is 39.2 Å². The van der Waals surface area contributed by atoms with E-state index in [0.29, 0.717) is 17.3 Å². The van der Waals surface area contributed by atoms with Gasteiger partial charge < -0.3 is 10.4 Å². The highest BCUT2D eigenvalue weighted by Crippen LogP contribution is 2.15. The summed E-state index contributed by atoms with van der Waals surface area (Å²) in [6.45, 7) is 3.37. The van der Waals surface area contributed by atoms with Crippen molar-refractivity contribution in [2.45, 2.75) is 45.2 Å². The number of hydrogen-bond acceptors (Lipinski definition) is 4. The van der Waals surface area contributed by atoms with Crippen molar-refractivity contribution in [3.05, 3.63) is 40.9 Å². The summed E-state index contributed by atoms with van der Waals surface area (Å²) in [4.78, 5) is 40.4. The number of para-hydroxylation sites is 1. The van der Waals surface area contributed by atoms with E-state index in [1.165, 1.54) is 17.8 Å². The third-order valence-corrected chi connectivity index (χ3v) is 3.89. The molecule has 7 nitrogen and oxygen atoms in total. The van der Waals surface area contributed by atoms with E-state index in [9.17, 15) is 14.4 Å². The quantitative estimate of drug-likeness (QED) is 0.804. The van der Waals surface area contributed by atoms with Crippen molar-refractivity contribution < 1.29 is 14.7 Å². The van der Waals surface area contributed by atoms with E-state index in [1.54, 1.807) is 24.3 Å². The lowest BCUT2D eigenvalue weighted by atomic mass is 10.1. The van der Waals surface area contributed by atoms with Gasteiger partial charge >= 0.3 is 5.97 Å². The minimum atomic E-state index is -1.12. The number of nitrogens with one attached hydrogen (secondary N) is 1. The summed E-state index contributed by atoms with van der Waals surface area (Å²) in [5.41, 5.74) is 0.257. The second-order valence-electron chi connectivity index (χ2n) is 5.70. The second kappa shape index (κ2) is 7.72. The highest BCUT2D eigenvalue weighted by atomic mass is 16.4. The number of carbonyl (C=O) groups excluding carboxylic acids is 1. The SMILES string of the molecule is CCCC[C@@H](C(=O)N[C@@H](C)C(=O)O)n1cnc2ccccc2c1=O. The first kappa shape index (κ1) is 17.7. The lowest BCUT2D eigenvalue weighted by Gasteiger charge is -2.20. The molecule has 1 heterocycles. The van der Waals surface area contributed by atoms with Crippen LogP contribution in [0.3, 0.4) is 0 Å². The highest BCUT2D eigenvalue weighted by molar-refractivity contribution is 5.86. The van der Waals surface area contributed by atoms with E-state index < -0.39 is 24.0 Å². The summed E-state index contributed by atoms with van der Waals surface area (Å²) >= 11 is 0. The molecule has 0 spiro atoms. The minimum absolute atomic E-state index is 0.306. The Kier molecular flexibility index (Phi) is 5.68. The molecule has 0 bridgehead atoms. The van der Waals surface area contributed by atoms with Crippen LogP contribution in [0.25, 0.3) is 10.9 Å². The average molecular weight is 331 g/mol. The fourth-order valence-corrected chi connectivity index (χ4v) is 2.47. The van der Waals surface area contributed by atoms with Gasteiger partial charge in [0.05, 0.1) is 17.2 Å². The Morgan fingerprint density at radius 3 is 2.71 bits per heavy atom. The molecule has 0 aliphatic carbocycles. The Balaban J connectivity index is 2.40. The van der Waals surface area contributed by atoms with E-state index in [-0.39, 0.29) is 5.56 Å². The van der Waals surface area contributed by atoms with Gasteiger partial charge in [-0.1, -0.05) is 31.9 Å². The molecular weight excluding hydrogens is 310 g/mol. The third-order valence-electron chi connectivity index (χ3n) is 3.89. The van der Waals surface area contributed by atoms with Crippen LogP contribution in [-0.2, 0) is 9.59 Å². The first-order valence-corrected chi connectivity index (χ1v) is 7.94. The smallest absolute Gasteiger partial charge is 0.325 e. The fourth-order valence-electron chi connectivity index (χ4n) is 2.47. The van der Waals surface area contributed by atoms with Crippen molar-refractivity contribution in [3.63, 3.8) is 0 Å². The predicted octanol–water partition coefficient (Wildman–Crippen LogP) is 1.72. The largest absolute Gasteiger partial charge is 0.480 e. The van der Waals surface area contributed by atoms with Crippen LogP contribution in [0.15, 0.2) is 35.4 Å². The van der Waals surface area contributed by atoms with Crippen molar-refractivity contribution in [1.29, 1.82) is 0 Å². The molecule has 2 aromatic rings. The first-order valence-electron chi connectivity index (χ1n) is 7.94. The molecule has 0 aliphatic heterocycles. The van der Waals surface area contributed by atoms with Crippen LogP contribution in [0.5, 0.6) is 0 Å². The zero-order valence-electron chi connectivity index (χ0n) is 13.7. The summed E-state index contributed by atoms with van der Waals surface area (Å²) in [7, 11) is 0. The number of unbranched alkanes of at least 4 members (excludes halogenated alkanes) is 1. The van der Waals surface area contributed by atoms with Crippen molar-refractivity contribution in [1.82, 2.24) is 14.9 Å². The number of fused-ring (bicyclic) bond motifs is 1. The van der Waals surface area contributed by atoms with Gasteiger partial charge in [0.2, 0.25) is 5.91 Å². The molecule has 2 rings (SSSR count). The number of nitrogens with zero attached hydrogens (tertiary/aromatic N) is 2. The summed E-state index contributed by atoms with van der Waals surface area (Å²) in [5.74, 6) is -1.61. The molecule has 1 amide bonds. The second-order valence-corrected chi connectivity index (χ2v) is 5.70. The number of hydrogen-bond donors (Lipinski definition) is 2. The molecule has 2 N–H and O–H groups in total. The van der Waals surface area contributed by atoms with Crippen LogP contribution in [0, 0.1) is 0 Å². The molecule has 0 fully saturated rings. The number of aromatic nitrogens is 2. The maximum Gasteiger partial charge on any atom is 0.325 e. The number of aliphatic carboxylic acids is 1. The van der Waals surface area contributed by atoms with E-state index in [0.717, 1.165) is 12.8 Å². The van der Waals surface area contributed by atoms with Gasteiger partial charge in [0.15, 0.2) is 0 Å². The number of carboxylic acids is 1. The average Bonchev–Trinajstić information content (AvgIpc) is 2.57. The van der Waals surface area contributed by atoms with Crippen LogP contribution in [-0.4, -0.2) is 32.6 Å². The maximum atomic E-state index is 12.7. The Hall–Kier alpha value is -2.70. The van der Waals surface area contributed by atoms with E-state index in [4.69, 9.17) is 5.11 Å². The number of carbonyl (C=O) groups is 2. The number of amides is 1. The van der Waals surface area contributed by atoms with Crippen LogP contribution >= 0.6 is 0 Å². The highest BCUT2D eigenvalue weighted by Gasteiger charge is 2.25. The fraction of sp³-hybridized carbons (Fsp3) is 0.412. The van der Waals surface area contributed by atoms with Gasteiger partial charge in [-0.25, -0.2) is 4.98 Å². The third kappa shape index (κ3) is 3.79. The van der Waals surface area contributed by atoms with Crippen molar-refractivity contribution in [3.8, 4) is 0 Å². The number of carboxylic acid groups (broad SMARTS) is 1. The monoisotopic (exact) mass is 331 g/mol. The lowest BCUT2D eigenvalue weighted by Crippen LogP contribution is -2.44. The van der Waals surface area contributed by atoms with Gasteiger partial charge in [-0.3, -0.25) is 19.0 Å². The summed E-state index contributed by atoms with van der Waals surface area (Å²) < 4.78 is 1.29. The van der Waals surface area contributed by atoms with Gasteiger partial charge in [-0.15, -0.1) is 0 Å². The normalized spacial score (nSPS) is 13.4. The lowest BCUT2D eigenvalue weighted by molar-refractivity contribution is -0.141. The molecule has 0 saturated carbocycles. The molecule has 1 aromatic heterocycles. The Morgan fingerprint density at radius 2 is 2.04 bits per heavy atom. The van der Waals surface area contributed by atoms with Crippen LogP contribution in [0.2, 0.25) is 0 Å². The van der Waals surface area contributed by atoms with Gasteiger partial charge in [0, 0.05) is 0 Å². The minimum Gasteiger partial charge on any atom is -0.480 e. The van der Waals surface area contributed by atoms with Crippen molar-refractivity contribution in [2.24, 2.45) is 0 Å². The summed E-state index contributed by atoms with van der Waals surface area (Å²) in [6.07, 6.45) is 3.39. The van der Waals surface area contributed by atoms with E-state index in [1.807, 2.05) is 6.92 Å². The topological polar surface area (TPSA) is 101 Å². The Morgan fingerprint density at radius 1 is 1.33 bits per heavy atom. The predicted molar refractivity (Wildman–Crippen MR) is 89.8 cm³/mol. The molecule has 0 unspecified atom stereocenters. The Labute approximate surface area is 139 Å². The van der Waals surface area contributed by atoms with Crippen LogP contribution < -0.4 is 10.9 Å². The molecule has 2 atom stereocenters. The number of benzene rings is 1. The molecule has 128 valence electrons. The maximum absolute atomic E-state index is 12.7. The zero-order chi connectivity index (χ0) is 17.7. The summed E-state index contributed by atoms with van der Waals surface area (Å²) in [5, 5.41) is 11.8. The van der Waals surface area contributed by atoms with Gasteiger partial charge in [-0.05, 0) is 25.5 Å². The van der Waals surface area contributed by atoms with Gasteiger partial charge in [-0.2, -0.15) is 0 Å². The van der Waals surface area contributed by atoms with E-state index >= 15 is 0 Å². The number of rotatable bonds is 7.